The second kappa shape index (κ2) is 5.95. The molecule has 2 nitrogen and oxygen atoms in total. The topological polar surface area (TPSA) is 29.1 Å². The molecule has 0 aliphatic heterocycles. The third-order valence-electron chi connectivity index (χ3n) is 4.82. The monoisotopic (exact) mass is 311 g/mol. The van der Waals surface area contributed by atoms with Crippen LogP contribution in [-0.4, -0.2) is 5.91 Å². The van der Waals surface area contributed by atoms with Gasteiger partial charge in [0.05, 0.1) is 0 Å². The molecule has 4 heteroatoms. The molecule has 2 fully saturated rings. The van der Waals surface area contributed by atoms with E-state index in [1.165, 1.54) is 25.7 Å². The van der Waals surface area contributed by atoms with Gasteiger partial charge in [0.25, 0.3) is 0 Å². The average Bonchev–Trinajstić information content (AvgIpc) is 3.00. The first-order valence-electron chi connectivity index (χ1n) is 7.32. The van der Waals surface area contributed by atoms with Crippen LogP contribution in [0.5, 0.6) is 0 Å². The lowest BCUT2D eigenvalue weighted by Crippen LogP contribution is -2.27. The first-order valence-corrected chi connectivity index (χ1v) is 8.08. The van der Waals surface area contributed by atoms with Gasteiger partial charge in [0.2, 0.25) is 5.91 Å². The molecule has 0 saturated heterocycles. The van der Waals surface area contributed by atoms with Gasteiger partial charge in [-0.25, -0.2) is 0 Å². The molecule has 2 bridgehead atoms. The molecule has 108 valence electrons. The highest BCUT2D eigenvalue weighted by molar-refractivity contribution is 6.35. The van der Waals surface area contributed by atoms with E-state index in [-0.39, 0.29) is 5.91 Å². The van der Waals surface area contributed by atoms with Crippen molar-refractivity contribution < 1.29 is 4.79 Å². The zero-order chi connectivity index (χ0) is 14.1. The highest BCUT2D eigenvalue weighted by atomic mass is 35.5. The van der Waals surface area contributed by atoms with Crippen LogP contribution >= 0.6 is 23.2 Å². The Balaban J connectivity index is 1.49. The van der Waals surface area contributed by atoms with Crippen LogP contribution < -0.4 is 5.32 Å². The second-order valence-corrected chi connectivity index (χ2v) is 7.00. The third-order valence-corrected chi connectivity index (χ3v) is 5.41. The summed E-state index contributed by atoms with van der Waals surface area (Å²) >= 11 is 12.0. The maximum absolute atomic E-state index is 12.0. The van der Waals surface area contributed by atoms with Gasteiger partial charge in [-0.3, -0.25) is 4.79 Å². The van der Waals surface area contributed by atoms with Crippen molar-refractivity contribution in [3.8, 4) is 0 Å². The minimum absolute atomic E-state index is 0.147. The van der Waals surface area contributed by atoms with Gasteiger partial charge in [-0.15, -0.1) is 0 Å². The molecule has 1 N–H and O–H groups in total. The lowest BCUT2D eigenvalue weighted by molar-refractivity contribution is -0.122. The minimum atomic E-state index is 0.147. The molecule has 1 aromatic carbocycles. The Morgan fingerprint density at radius 3 is 2.75 bits per heavy atom. The molecule has 0 aromatic heterocycles. The van der Waals surface area contributed by atoms with Crippen molar-refractivity contribution in [1.82, 2.24) is 5.32 Å². The van der Waals surface area contributed by atoms with Crippen LogP contribution in [-0.2, 0) is 11.3 Å². The predicted octanol–water partition coefficient (Wildman–Crippen LogP) is 4.44. The van der Waals surface area contributed by atoms with Crippen molar-refractivity contribution >= 4 is 29.1 Å². The summed E-state index contributed by atoms with van der Waals surface area (Å²) in [5, 5.41) is 4.21. The van der Waals surface area contributed by atoms with Gasteiger partial charge in [0, 0.05) is 23.0 Å². The summed E-state index contributed by atoms with van der Waals surface area (Å²) in [6.07, 6.45) is 5.97. The number of hydrogen-bond donors (Lipinski definition) is 1. The van der Waals surface area contributed by atoms with Crippen molar-refractivity contribution in [2.45, 2.75) is 38.6 Å². The number of benzene rings is 1. The molecule has 0 radical (unpaired) electrons. The first-order chi connectivity index (χ1) is 9.61. The molecule has 0 heterocycles. The molecule has 3 atom stereocenters. The number of halogens is 2. The summed E-state index contributed by atoms with van der Waals surface area (Å²) in [7, 11) is 0. The zero-order valence-corrected chi connectivity index (χ0v) is 12.9. The molecule has 1 amide bonds. The second-order valence-electron chi connectivity index (χ2n) is 6.15. The number of amides is 1. The Morgan fingerprint density at radius 2 is 2.10 bits per heavy atom. The largest absolute Gasteiger partial charge is 0.352 e. The summed E-state index contributed by atoms with van der Waals surface area (Å²) < 4.78 is 0. The van der Waals surface area contributed by atoms with Gasteiger partial charge < -0.3 is 5.32 Å². The van der Waals surface area contributed by atoms with Crippen molar-refractivity contribution in [3.63, 3.8) is 0 Å². The fourth-order valence-corrected chi connectivity index (χ4v) is 4.27. The van der Waals surface area contributed by atoms with Gasteiger partial charge in [0.15, 0.2) is 0 Å². The Kier molecular flexibility index (Phi) is 4.23. The summed E-state index contributed by atoms with van der Waals surface area (Å²) in [6.45, 7) is 0.482. The van der Waals surface area contributed by atoms with E-state index in [0.717, 1.165) is 17.4 Å². The minimum Gasteiger partial charge on any atom is -0.352 e. The summed E-state index contributed by atoms with van der Waals surface area (Å²) in [4.78, 5) is 12.0. The summed E-state index contributed by atoms with van der Waals surface area (Å²) in [6, 6.07) is 5.37. The fraction of sp³-hybridized carbons (Fsp3) is 0.562. The molecule has 2 saturated carbocycles. The summed E-state index contributed by atoms with van der Waals surface area (Å²) in [5.41, 5.74) is 0.914. The molecule has 0 spiro atoms. The fourth-order valence-electron chi connectivity index (χ4n) is 3.80. The van der Waals surface area contributed by atoms with Gasteiger partial charge in [-0.2, -0.15) is 0 Å². The number of nitrogens with one attached hydrogen (secondary N) is 1. The molecule has 3 rings (SSSR count). The maximum atomic E-state index is 12.0. The van der Waals surface area contributed by atoms with E-state index in [1.54, 1.807) is 12.1 Å². The number of rotatable bonds is 4. The van der Waals surface area contributed by atoms with Crippen LogP contribution in [0.15, 0.2) is 18.2 Å². The van der Waals surface area contributed by atoms with Gasteiger partial charge in [-0.1, -0.05) is 35.7 Å². The number of carbonyl (C=O) groups excluding carboxylic acids is 1. The van der Waals surface area contributed by atoms with Gasteiger partial charge >= 0.3 is 0 Å². The van der Waals surface area contributed by atoms with Crippen LogP contribution in [0, 0.1) is 17.8 Å². The Bertz CT molecular complexity index is 517. The first kappa shape index (κ1) is 14.2. The molecular formula is C16H19Cl2NO. The molecule has 20 heavy (non-hydrogen) atoms. The van der Waals surface area contributed by atoms with Crippen molar-refractivity contribution in [3.05, 3.63) is 33.8 Å². The number of fused-ring (bicyclic) bond motifs is 2. The van der Waals surface area contributed by atoms with Crippen LogP contribution in [0.1, 0.15) is 37.7 Å². The smallest absolute Gasteiger partial charge is 0.220 e. The van der Waals surface area contributed by atoms with E-state index in [1.807, 2.05) is 6.07 Å². The van der Waals surface area contributed by atoms with Crippen LogP contribution in [0.3, 0.4) is 0 Å². The van der Waals surface area contributed by atoms with Crippen LogP contribution in [0.25, 0.3) is 0 Å². The highest BCUT2D eigenvalue weighted by Gasteiger charge is 2.39. The van der Waals surface area contributed by atoms with E-state index in [2.05, 4.69) is 5.32 Å². The Labute approximate surface area is 129 Å². The van der Waals surface area contributed by atoms with Crippen LogP contribution in [0.2, 0.25) is 10.0 Å². The molecule has 2 aliphatic carbocycles. The third kappa shape index (κ3) is 3.12. The van der Waals surface area contributed by atoms with E-state index >= 15 is 0 Å². The van der Waals surface area contributed by atoms with Crippen LogP contribution in [0.4, 0.5) is 0 Å². The van der Waals surface area contributed by atoms with Gasteiger partial charge in [-0.05, 0) is 54.7 Å². The Hall–Kier alpha value is -0.730. The molecule has 0 unspecified atom stereocenters. The molecule has 1 aromatic rings. The van der Waals surface area contributed by atoms with Crippen molar-refractivity contribution in [1.29, 1.82) is 0 Å². The zero-order valence-electron chi connectivity index (χ0n) is 11.4. The lowest BCUT2D eigenvalue weighted by atomic mass is 9.86. The number of carbonyl (C=O) groups is 1. The molecular weight excluding hydrogens is 293 g/mol. The normalized spacial score (nSPS) is 27.8. The van der Waals surface area contributed by atoms with E-state index in [0.29, 0.717) is 28.9 Å². The van der Waals surface area contributed by atoms with Crippen molar-refractivity contribution in [2.75, 3.05) is 0 Å². The van der Waals surface area contributed by atoms with Gasteiger partial charge in [0.1, 0.15) is 0 Å². The lowest BCUT2D eigenvalue weighted by Gasteiger charge is -2.21. The maximum Gasteiger partial charge on any atom is 0.220 e. The quantitative estimate of drug-likeness (QED) is 0.875. The molecule has 2 aliphatic rings. The van der Waals surface area contributed by atoms with E-state index in [4.69, 9.17) is 23.2 Å². The van der Waals surface area contributed by atoms with E-state index in [9.17, 15) is 4.79 Å². The average molecular weight is 312 g/mol. The van der Waals surface area contributed by atoms with Crippen molar-refractivity contribution in [2.24, 2.45) is 17.8 Å². The predicted molar refractivity (Wildman–Crippen MR) is 81.9 cm³/mol. The summed E-state index contributed by atoms with van der Waals surface area (Å²) in [5.74, 6) is 2.44. The van der Waals surface area contributed by atoms with E-state index < -0.39 is 0 Å². The SMILES string of the molecule is O=C(C[C@H]1C[C@H]2CC[C@@H]1C2)NCc1ccc(Cl)cc1Cl. The highest BCUT2D eigenvalue weighted by Crippen LogP contribution is 2.49. The standard InChI is InChI=1S/C16H19Cl2NO/c17-14-4-3-12(15(18)8-14)9-19-16(20)7-13-6-10-1-2-11(13)5-10/h3-4,8,10-11,13H,1-2,5-7,9H2,(H,19,20)/t10-,11+,13+/m0/s1. The number of hydrogen-bond acceptors (Lipinski definition) is 1. The Morgan fingerprint density at radius 1 is 1.25 bits per heavy atom.